The van der Waals surface area contributed by atoms with E-state index in [1.165, 1.54) is 13.8 Å². The van der Waals surface area contributed by atoms with E-state index in [1.54, 1.807) is 66.7 Å². The van der Waals surface area contributed by atoms with Crippen molar-refractivity contribution in [3.8, 4) is 22.3 Å². The maximum Gasteiger partial charge on any atom is 0.336 e. The van der Waals surface area contributed by atoms with Gasteiger partial charge in [0.1, 0.15) is 0 Å². The number of carbonyl (C=O) groups excluding carboxylic acids is 2. The van der Waals surface area contributed by atoms with Gasteiger partial charge in [-0.3, -0.25) is 9.59 Å². The van der Waals surface area contributed by atoms with Gasteiger partial charge in [-0.2, -0.15) is 0 Å². The molecule has 134 valence electrons. The van der Waals surface area contributed by atoms with E-state index < -0.39 is 5.97 Å². The van der Waals surface area contributed by atoms with Crippen LogP contribution in [-0.4, -0.2) is 22.6 Å². The number of benzene rings is 3. The van der Waals surface area contributed by atoms with E-state index in [2.05, 4.69) is 0 Å². The van der Waals surface area contributed by atoms with E-state index in [0.717, 1.165) is 0 Å². The number of Topliss-reactive ketones (excluding diaryl/α,β-unsaturated/α-hetero) is 2. The third kappa shape index (κ3) is 3.70. The summed E-state index contributed by atoms with van der Waals surface area (Å²) in [6, 6.07) is 19.0. The predicted octanol–water partition coefficient (Wildman–Crippen LogP) is 5.12. The average molecular weight is 358 g/mol. The normalized spacial score (nSPS) is 10.4. The summed E-state index contributed by atoms with van der Waals surface area (Å²) in [5.74, 6) is -1.24. The minimum Gasteiger partial charge on any atom is -0.478 e. The minimum atomic E-state index is -1.07. The predicted molar refractivity (Wildman–Crippen MR) is 104 cm³/mol. The van der Waals surface area contributed by atoms with Gasteiger partial charge < -0.3 is 5.11 Å². The van der Waals surface area contributed by atoms with E-state index in [4.69, 9.17) is 0 Å². The number of carbonyl (C=O) groups is 3. The van der Waals surface area contributed by atoms with Crippen molar-refractivity contribution in [3.05, 3.63) is 83.4 Å². The molecule has 0 fully saturated rings. The van der Waals surface area contributed by atoms with Gasteiger partial charge >= 0.3 is 5.97 Å². The van der Waals surface area contributed by atoms with E-state index in [-0.39, 0.29) is 17.1 Å². The number of carboxylic acids is 1. The van der Waals surface area contributed by atoms with Gasteiger partial charge in [-0.1, -0.05) is 54.6 Å². The summed E-state index contributed by atoms with van der Waals surface area (Å²) in [5.41, 5.74) is 3.54. The highest BCUT2D eigenvalue weighted by molar-refractivity contribution is 6.04. The third-order valence-electron chi connectivity index (χ3n) is 4.44. The second-order valence-corrected chi connectivity index (χ2v) is 6.31. The van der Waals surface area contributed by atoms with Gasteiger partial charge in [0.15, 0.2) is 11.6 Å². The molecular formula is C23H18O4. The molecule has 0 aliphatic heterocycles. The largest absolute Gasteiger partial charge is 0.478 e. The molecule has 0 radical (unpaired) electrons. The van der Waals surface area contributed by atoms with Crippen LogP contribution in [0.5, 0.6) is 0 Å². The van der Waals surface area contributed by atoms with Crippen LogP contribution in [0.25, 0.3) is 22.3 Å². The number of ketones is 2. The maximum absolute atomic E-state index is 12.1. The fraction of sp³-hybridized carbons (Fsp3) is 0.0870. The van der Waals surface area contributed by atoms with E-state index in [9.17, 15) is 19.5 Å². The number of rotatable bonds is 5. The molecule has 3 aromatic rings. The first-order chi connectivity index (χ1) is 12.9. The SMILES string of the molecule is CC(=O)c1cccc(-c2cccc(-c3cccc(C(C)=O)c3)c2C(=O)O)c1. The fourth-order valence-electron chi connectivity index (χ4n) is 3.08. The molecule has 0 aliphatic rings. The van der Waals surface area contributed by atoms with Crippen LogP contribution in [0.3, 0.4) is 0 Å². The van der Waals surface area contributed by atoms with Crippen molar-refractivity contribution in [1.82, 2.24) is 0 Å². The van der Waals surface area contributed by atoms with Gasteiger partial charge in [-0.05, 0) is 48.2 Å². The summed E-state index contributed by atoms with van der Waals surface area (Å²) in [7, 11) is 0. The zero-order chi connectivity index (χ0) is 19.6. The molecule has 0 aliphatic carbocycles. The van der Waals surface area contributed by atoms with Crippen LogP contribution in [-0.2, 0) is 0 Å². The zero-order valence-electron chi connectivity index (χ0n) is 15.0. The molecule has 27 heavy (non-hydrogen) atoms. The summed E-state index contributed by atoms with van der Waals surface area (Å²) in [6.07, 6.45) is 0. The quantitative estimate of drug-likeness (QED) is 0.642. The van der Waals surface area contributed by atoms with Crippen LogP contribution in [0.2, 0.25) is 0 Å². The summed E-state index contributed by atoms with van der Waals surface area (Å²) in [5, 5.41) is 9.89. The molecule has 0 saturated carbocycles. The summed E-state index contributed by atoms with van der Waals surface area (Å²) in [4.78, 5) is 35.5. The number of carboxylic acid groups (broad SMARTS) is 1. The first-order valence-electron chi connectivity index (χ1n) is 8.47. The Bertz CT molecular complexity index is 988. The van der Waals surface area contributed by atoms with Crippen LogP contribution in [0.4, 0.5) is 0 Å². The second-order valence-electron chi connectivity index (χ2n) is 6.31. The first-order valence-corrected chi connectivity index (χ1v) is 8.47. The van der Waals surface area contributed by atoms with Crippen molar-refractivity contribution in [1.29, 1.82) is 0 Å². The summed E-state index contributed by atoms with van der Waals surface area (Å²) >= 11 is 0. The second kappa shape index (κ2) is 7.38. The van der Waals surface area contributed by atoms with Crippen molar-refractivity contribution >= 4 is 17.5 Å². The van der Waals surface area contributed by atoms with E-state index >= 15 is 0 Å². The molecule has 0 amide bonds. The smallest absolute Gasteiger partial charge is 0.336 e. The number of aromatic carboxylic acids is 1. The Hall–Kier alpha value is -3.53. The molecule has 0 spiro atoms. The Morgan fingerprint density at radius 2 is 1.07 bits per heavy atom. The standard InChI is InChI=1S/C23H18O4/c1-14(24)16-6-3-8-18(12-16)20-10-5-11-21(22(20)23(26)27)19-9-4-7-17(13-19)15(2)25/h3-13H,1-2H3,(H,26,27). The average Bonchev–Trinajstić information content (AvgIpc) is 2.67. The van der Waals surface area contributed by atoms with Crippen LogP contribution in [0.1, 0.15) is 44.9 Å². The van der Waals surface area contributed by atoms with Crippen molar-refractivity contribution < 1.29 is 19.5 Å². The highest BCUT2D eigenvalue weighted by Gasteiger charge is 2.18. The molecule has 3 rings (SSSR count). The Labute approximate surface area is 157 Å². The van der Waals surface area contributed by atoms with E-state index in [0.29, 0.717) is 33.4 Å². The Balaban J connectivity index is 2.24. The summed E-state index contributed by atoms with van der Waals surface area (Å²) < 4.78 is 0. The first kappa shape index (κ1) is 18.3. The van der Waals surface area contributed by atoms with Crippen LogP contribution < -0.4 is 0 Å². The van der Waals surface area contributed by atoms with Crippen molar-refractivity contribution in [2.75, 3.05) is 0 Å². The lowest BCUT2D eigenvalue weighted by molar-refractivity contribution is 0.0698. The van der Waals surface area contributed by atoms with Gasteiger partial charge in [0, 0.05) is 11.1 Å². The monoisotopic (exact) mass is 358 g/mol. The Morgan fingerprint density at radius 3 is 1.44 bits per heavy atom. The molecular weight excluding hydrogens is 340 g/mol. The van der Waals surface area contributed by atoms with Crippen LogP contribution in [0, 0.1) is 0 Å². The highest BCUT2D eigenvalue weighted by Crippen LogP contribution is 2.33. The molecule has 0 unspecified atom stereocenters. The van der Waals surface area contributed by atoms with Gasteiger partial charge in [0.05, 0.1) is 5.56 Å². The lowest BCUT2D eigenvalue weighted by Gasteiger charge is -2.13. The molecule has 0 heterocycles. The van der Waals surface area contributed by atoms with Gasteiger partial charge in [-0.15, -0.1) is 0 Å². The molecule has 0 bridgehead atoms. The van der Waals surface area contributed by atoms with Crippen molar-refractivity contribution in [3.63, 3.8) is 0 Å². The van der Waals surface area contributed by atoms with Gasteiger partial charge in [0.25, 0.3) is 0 Å². The number of hydrogen-bond acceptors (Lipinski definition) is 3. The summed E-state index contributed by atoms with van der Waals surface area (Å²) in [6.45, 7) is 2.95. The van der Waals surface area contributed by atoms with Gasteiger partial charge in [-0.25, -0.2) is 4.79 Å². The molecule has 0 aromatic heterocycles. The minimum absolute atomic E-state index is 0.0842. The topological polar surface area (TPSA) is 71.4 Å². The zero-order valence-corrected chi connectivity index (χ0v) is 15.0. The Morgan fingerprint density at radius 1 is 0.667 bits per heavy atom. The molecule has 0 atom stereocenters. The fourth-order valence-corrected chi connectivity index (χ4v) is 3.08. The van der Waals surface area contributed by atoms with Crippen molar-refractivity contribution in [2.45, 2.75) is 13.8 Å². The lowest BCUT2D eigenvalue weighted by atomic mass is 9.90. The molecule has 1 N–H and O–H groups in total. The van der Waals surface area contributed by atoms with Gasteiger partial charge in [0.2, 0.25) is 0 Å². The Kier molecular flexibility index (Phi) is 4.99. The molecule has 3 aromatic carbocycles. The lowest BCUT2D eigenvalue weighted by Crippen LogP contribution is -2.04. The third-order valence-corrected chi connectivity index (χ3v) is 4.44. The van der Waals surface area contributed by atoms with E-state index in [1.807, 2.05) is 0 Å². The number of hydrogen-bond donors (Lipinski definition) is 1. The highest BCUT2D eigenvalue weighted by atomic mass is 16.4. The van der Waals surface area contributed by atoms with Crippen LogP contribution in [0.15, 0.2) is 66.7 Å². The van der Waals surface area contributed by atoms with Crippen molar-refractivity contribution in [2.24, 2.45) is 0 Å². The maximum atomic E-state index is 12.1. The molecule has 4 heteroatoms. The molecule has 0 saturated heterocycles. The van der Waals surface area contributed by atoms with Crippen LogP contribution >= 0.6 is 0 Å². The molecule has 4 nitrogen and oxygen atoms in total.